The monoisotopic (exact) mass is 399 g/mol. The van der Waals surface area contributed by atoms with Gasteiger partial charge in [0.2, 0.25) is 0 Å². The van der Waals surface area contributed by atoms with Crippen molar-refractivity contribution in [3.05, 3.63) is 83.2 Å². The highest BCUT2D eigenvalue weighted by molar-refractivity contribution is 6.04. The molecule has 2 aliphatic rings. The van der Waals surface area contributed by atoms with Gasteiger partial charge in [-0.3, -0.25) is 4.79 Å². The molecule has 0 unspecified atom stereocenters. The summed E-state index contributed by atoms with van der Waals surface area (Å²) in [7, 11) is 0. The van der Waals surface area contributed by atoms with E-state index >= 15 is 0 Å². The zero-order valence-corrected chi connectivity index (χ0v) is 17.1. The molecule has 0 saturated carbocycles. The molecular weight excluding hydrogens is 377 g/mol. The summed E-state index contributed by atoms with van der Waals surface area (Å²) in [5.74, 6) is 0.897. The van der Waals surface area contributed by atoms with Crippen molar-refractivity contribution in [2.24, 2.45) is 0 Å². The molecule has 0 aliphatic carbocycles. The number of rotatable bonds is 1. The van der Waals surface area contributed by atoms with Crippen LogP contribution in [0.2, 0.25) is 0 Å². The van der Waals surface area contributed by atoms with E-state index in [0.29, 0.717) is 11.3 Å². The molecule has 1 N–H and O–H groups in total. The van der Waals surface area contributed by atoms with Gasteiger partial charge in [0.25, 0.3) is 0 Å². The number of benzene rings is 3. The fourth-order valence-corrected chi connectivity index (χ4v) is 4.54. The molecule has 2 aliphatic heterocycles. The van der Waals surface area contributed by atoms with Gasteiger partial charge in [-0.1, -0.05) is 43.3 Å². The van der Waals surface area contributed by atoms with Crippen molar-refractivity contribution in [2.45, 2.75) is 32.2 Å². The highest BCUT2D eigenvalue weighted by Gasteiger charge is 2.41. The molecule has 1 atom stereocenters. The second-order valence-corrected chi connectivity index (χ2v) is 8.45. The maximum Gasteiger partial charge on any atom is 0.164 e. The van der Waals surface area contributed by atoms with Crippen LogP contribution >= 0.6 is 0 Å². The van der Waals surface area contributed by atoms with Crippen molar-refractivity contribution in [2.75, 3.05) is 5.32 Å². The average Bonchev–Trinajstić information content (AvgIpc) is 2.71. The maximum atomic E-state index is 13.8. The predicted octanol–water partition coefficient (Wildman–Crippen LogP) is 6.26. The number of hydrogen-bond acceptors (Lipinski definition) is 3. The van der Waals surface area contributed by atoms with Crippen LogP contribution in [0.15, 0.2) is 60.7 Å². The first-order valence-corrected chi connectivity index (χ1v) is 10.1. The maximum absolute atomic E-state index is 13.8. The lowest BCUT2D eigenvalue weighted by molar-refractivity contribution is -0.123. The molecule has 0 aromatic heterocycles. The summed E-state index contributed by atoms with van der Waals surface area (Å²) in [6, 6.07) is 18.4. The van der Waals surface area contributed by atoms with Crippen LogP contribution in [0.5, 0.6) is 5.75 Å². The second-order valence-electron chi connectivity index (χ2n) is 8.45. The summed E-state index contributed by atoms with van der Waals surface area (Å²) >= 11 is 0. The Balaban J connectivity index is 1.80. The minimum absolute atomic E-state index is 0.132. The van der Waals surface area contributed by atoms with E-state index in [1.54, 1.807) is 6.07 Å². The Hall–Kier alpha value is -3.40. The van der Waals surface area contributed by atoms with E-state index in [2.05, 4.69) is 11.4 Å². The number of carbonyl (C=O) groups is 1. The summed E-state index contributed by atoms with van der Waals surface area (Å²) in [5.41, 5.74) is 4.81. The number of anilines is 1. The first kappa shape index (κ1) is 18.6. The molecule has 0 amide bonds. The molecule has 0 spiro atoms. The van der Waals surface area contributed by atoms with Gasteiger partial charge in [-0.25, -0.2) is 4.39 Å². The van der Waals surface area contributed by atoms with Crippen molar-refractivity contribution in [1.82, 2.24) is 0 Å². The number of halogens is 1. The quantitative estimate of drug-likeness (QED) is 0.525. The Labute approximate surface area is 175 Å². The Bertz CT molecular complexity index is 1230. The van der Waals surface area contributed by atoms with Gasteiger partial charge >= 0.3 is 0 Å². The van der Waals surface area contributed by atoms with E-state index in [1.165, 1.54) is 12.1 Å². The van der Waals surface area contributed by atoms with Gasteiger partial charge in [0, 0.05) is 22.7 Å². The summed E-state index contributed by atoms with van der Waals surface area (Å²) in [4.78, 5) is 13.1. The standard InChI is InChI=1S/C26H22FNO2/c1-15-23-20(28-26(2,3)25(15)29)12-11-19-18-9-4-5-10-21(18)30-22(24(19)23)14-16-7-6-8-17(27)13-16/h4-15,28H,1-3H3/b22-14-/t15-/m0/s1. The molecule has 0 saturated heterocycles. The fourth-order valence-electron chi connectivity index (χ4n) is 4.54. The number of carbonyl (C=O) groups excluding carboxylic acids is 1. The van der Waals surface area contributed by atoms with Crippen LogP contribution in [-0.2, 0) is 4.79 Å². The van der Waals surface area contributed by atoms with Crippen LogP contribution in [0, 0.1) is 5.82 Å². The molecule has 30 heavy (non-hydrogen) atoms. The summed E-state index contributed by atoms with van der Waals surface area (Å²) in [6.07, 6.45) is 1.84. The van der Waals surface area contributed by atoms with Gasteiger partial charge < -0.3 is 10.1 Å². The number of fused-ring (bicyclic) bond motifs is 5. The van der Waals surface area contributed by atoms with E-state index in [4.69, 9.17) is 4.74 Å². The molecule has 0 bridgehead atoms. The number of ketones is 1. The van der Waals surface area contributed by atoms with Gasteiger partial charge in [0.1, 0.15) is 17.3 Å². The largest absolute Gasteiger partial charge is 0.456 e. The first-order valence-electron chi connectivity index (χ1n) is 10.1. The van der Waals surface area contributed by atoms with Gasteiger partial charge in [-0.15, -0.1) is 0 Å². The third kappa shape index (κ3) is 2.83. The van der Waals surface area contributed by atoms with Gasteiger partial charge in [0.05, 0.1) is 5.54 Å². The average molecular weight is 399 g/mol. The van der Waals surface area contributed by atoms with E-state index in [-0.39, 0.29) is 17.5 Å². The Morgan fingerprint density at radius 2 is 1.83 bits per heavy atom. The Morgan fingerprint density at radius 3 is 2.63 bits per heavy atom. The summed E-state index contributed by atoms with van der Waals surface area (Å²) in [6.45, 7) is 5.76. The molecule has 3 aromatic rings. The highest BCUT2D eigenvalue weighted by atomic mass is 19.1. The third-order valence-corrected chi connectivity index (χ3v) is 5.92. The fraction of sp³-hybridized carbons (Fsp3) is 0.192. The molecule has 2 heterocycles. The highest BCUT2D eigenvalue weighted by Crippen LogP contribution is 2.49. The summed E-state index contributed by atoms with van der Waals surface area (Å²) in [5, 5.41) is 3.39. The topological polar surface area (TPSA) is 38.3 Å². The minimum atomic E-state index is -0.638. The Morgan fingerprint density at radius 1 is 1.03 bits per heavy atom. The molecule has 3 aromatic carbocycles. The normalized spacial score (nSPS) is 19.9. The molecule has 150 valence electrons. The van der Waals surface area contributed by atoms with Crippen LogP contribution < -0.4 is 10.1 Å². The Kier molecular flexibility index (Phi) is 4.07. The minimum Gasteiger partial charge on any atom is -0.456 e. The zero-order valence-electron chi connectivity index (χ0n) is 17.1. The van der Waals surface area contributed by atoms with Gasteiger partial charge in [-0.05, 0) is 60.9 Å². The van der Waals surface area contributed by atoms with E-state index in [9.17, 15) is 9.18 Å². The van der Waals surface area contributed by atoms with Gasteiger partial charge in [-0.2, -0.15) is 0 Å². The number of nitrogens with one attached hydrogen (secondary N) is 1. The number of Topliss-reactive ketones (excluding diaryl/α,β-unsaturated/α-hetero) is 1. The van der Waals surface area contributed by atoms with Crippen molar-refractivity contribution in [3.63, 3.8) is 0 Å². The zero-order chi connectivity index (χ0) is 21.0. The van der Waals surface area contributed by atoms with E-state index < -0.39 is 5.54 Å². The van der Waals surface area contributed by atoms with Crippen molar-refractivity contribution >= 4 is 23.3 Å². The first-order chi connectivity index (χ1) is 14.3. The molecule has 3 nitrogen and oxygen atoms in total. The second kappa shape index (κ2) is 6.56. The van der Waals surface area contributed by atoms with Crippen LogP contribution in [0.3, 0.4) is 0 Å². The molecule has 0 fully saturated rings. The molecule has 0 radical (unpaired) electrons. The van der Waals surface area contributed by atoms with Crippen LogP contribution in [0.1, 0.15) is 43.4 Å². The van der Waals surface area contributed by atoms with Crippen LogP contribution in [0.25, 0.3) is 23.0 Å². The van der Waals surface area contributed by atoms with Crippen LogP contribution in [-0.4, -0.2) is 11.3 Å². The lowest BCUT2D eigenvalue weighted by Crippen LogP contribution is -2.46. The number of ether oxygens (including phenoxy) is 1. The van der Waals surface area contributed by atoms with Crippen molar-refractivity contribution in [1.29, 1.82) is 0 Å². The molecule has 4 heteroatoms. The van der Waals surface area contributed by atoms with E-state index in [1.807, 2.05) is 63.2 Å². The van der Waals surface area contributed by atoms with E-state index in [0.717, 1.165) is 33.7 Å². The molecular formula is C26H22FNO2. The lowest BCUT2D eigenvalue weighted by atomic mass is 9.76. The third-order valence-electron chi connectivity index (χ3n) is 5.92. The lowest BCUT2D eigenvalue weighted by Gasteiger charge is -2.38. The smallest absolute Gasteiger partial charge is 0.164 e. The number of para-hydroxylation sites is 1. The predicted molar refractivity (Wildman–Crippen MR) is 118 cm³/mol. The molecule has 5 rings (SSSR count). The summed E-state index contributed by atoms with van der Waals surface area (Å²) < 4.78 is 20.1. The van der Waals surface area contributed by atoms with Gasteiger partial charge in [0.15, 0.2) is 5.78 Å². The van der Waals surface area contributed by atoms with Crippen molar-refractivity contribution in [3.8, 4) is 16.9 Å². The SMILES string of the molecule is C[C@@H]1C(=O)C(C)(C)Nc2ccc3c(c21)/C(=C/c1cccc(F)c1)Oc1ccccc1-3. The van der Waals surface area contributed by atoms with Crippen LogP contribution in [0.4, 0.5) is 10.1 Å². The van der Waals surface area contributed by atoms with Crippen molar-refractivity contribution < 1.29 is 13.9 Å². The number of hydrogen-bond donors (Lipinski definition) is 1.